The molecule has 7 heteroatoms. The number of para-hydroxylation sites is 1. The van der Waals surface area contributed by atoms with Crippen molar-refractivity contribution < 1.29 is 19.1 Å². The molecular weight excluding hydrogens is 331 g/mol. The van der Waals surface area contributed by atoms with Crippen molar-refractivity contribution in [1.82, 2.24) is 0 Å². The summed E-state index contributed by atoms with van der Waals surface area (Å²) in [6, 6.07) is 12.1. The van der Waals surface area contributed by atoms with Gasteiger partial charge in [-0.1, -0.05) is 23.9 Å². The Morgan fingerprint density at radius 2 is 1.92 bits per heavy atom. The molecule has 0 saturated carbocycles. The molecule has 2 aromatic carbocycles. The van der Waals surface area contributed by atoms with Crippen molar-refractivity contribution in [2.45, 2.75) is 11.7 Å². The highest BCUT2D eigenvalue weighted by Gasteiger charge is 2.31. The number of nitrogens with one attached hydrogen (secondary N) is 1. The predicted molar refractivity (Wildman–Crippen MR) is 90.7 cm³/mol. The van der Waals surface area contributed by atoms with Crippen LogP contribution in [0.2, 0.25) is 0 Å². The maximum Gasteiger partial charge on any atom is 0.260 e. The van der Waals surface area contributed by atoms with Crippen LogP contribution in [0.15, 0.2) is 53.5 Å². The summed E-state index contributed by atoms with van der Waals surface area (Å²) in [5.41, 5.74) is 0.779. The zero-order valence-electron chi connectivity index (χ0n) is 12.4. The number of phenols is 1. The normalized spacial score (nSPS) is 16.8. The molecule has 1 heterocycles. The second-order valence-corrected chi connectivity index (χ2v) is 6.33. The van der Waals surface area contributed by atoms with Crippen LogP contribution in [0.1, 0.15) is 12.0 Å². The molecule has 122 valence electrons. The molecule has 0 aromatic heterocycles. The number of aliphatic imine (C=N–C) groups is 1. The number of aromatic hydroxyl groups is 1. The van der Waals surface area contributed by atoms with Gasteiger partial charge in [-0.3, -0.25) is 9.59 Å². The summed E-state index contributed by atoms with van der Waals surface area (Å²) >= 11 is 1.19. The third kappa shape index (κ3) is 3.62. The van der Waals surface area contributed by atoms with E-state index in [9.17, 15) is 19.1 Å². The Hall–Kier alpha value is -2.67. The number of nitrogens with zero attached hydrogens (tertiary/aromatic N) is 1. The Balaban J connectivity index is 1.63. The molecule has 0 unspecified atom stereocenters. The number of rotatable bonds is 4. The van der Waals surface area contributed by atoms with Crippen LogP contribution in [0.5, 0.6) is 5.75 Å². The quantitative estimate of drug-likeness (QED) is 0.894. The Morgan fingerprint density at radius 1 is 1.21 bits per heavy atom. The number of hydrogen-bond acceptors (Lipinski definition) is 4. The number of carbonyl (C=O) groups excluding carboxylic acids is 2. The Kier molecular flexibility index (Phi) is 4.61. The van der Waals surface area contributed by atoms with Gasteiger partial charge in [0.2, 0.25) is 5.91 Å². The largest absolute Gasteiger partial charge is 0.508 e. The molecule has 3 rings (SSSR count). The van der Waals surface area contributed by atoms with E-state index in [-0.39, 0.29) is 17.9 Å². The van der Waals surface area contributed by atoms with Gasteiger partial charge in [0.1, 0.15) is 21.9 Å². The summed E-state index contributed by atoms with van der Waals surface area (Å²) in [6.45, 7) is 0. The molecule has 0 radical (unpaired) electrons. The third-order valence-corrected chi connectivity index (χ3v) is 4.58. The maximum absolute atomic E-state index is 13.5. The van der Waals surface area contributed by atoms with Gasteiger partial charge in [-0.2, -0.15) is 0 Å². The highest BCUT2D eigenvalue weighted by molar-refractivity contribution is 8.16. The summed E-state index contributed by atoms with van der Waals surface area (Å²) < 4.78 is 13.5. The lowest BCUT2D eigenvalue weighted by Crippen LogP contribution is -2.21. The highest BCUT2D eigenvalue weighted by Crippen LogP contribution is 2.30. The summed E-state index contributed by atoms with van der Waals surface area (Å²) in [7, 11) is 0. The van der Waals surface area contributed by atoms with Crippen molar-refractivity contribution in [2.75, 3.05) is 5.32 Å². The van der Waals surface area contributed by atoms with Gasteiger partial charge in [0.15, 0.2) is 0 Å². The third-order valence-electron chi connectivity index (χ3n) is 3.37. The van der Waals surface area contributed by atoms with Gasteiger partial charge in [-0.05, 0) is 36.4 Å². The van der Waals surface area contributed by atoms with Crippen LogP contribution in [-0.4, -0.2) is 27.2 Å². The number of thioether (sulfide) groups is 1. The summed E-state index contributed by atoms with van der Waals surface area (Å²) in [6.07, 6.45) is -0.0943. The molecule has 1 atom stereocenters. The molecule has 24 heavy (non-hydrogen) atoms. The van der Waals surface area contributed by atoms with E-state index >= 15 is 0 Å². The van der Waals surface area contributed by atoms with E-state index in [1.54, 1.807) is 18.2 Å². The minimum Gasteiger partial charge on any atom is -0.508 e. The first-order valence-electron chi connectivity index (χ1n) is 7.16. The van der Waals surface area contributed by atoms with Crippen LogP contribution in [0.25, 0.3) is 0 Å². The molecule has 1 aliphatic rings. The standard InChI is InChI=1S/C17H13FN2O3S/c18-12-3-1-2-4-13(12)19-15(22)9-14-16(23)20-17(24-14)10-5-7-11(21)8-6-10/h1-8,14,21H,9H2,(H,19,22)/t14-/m0/s1. The minimum atomic E-state index is -0.638. The van der Waals surface area contributed by atoms with Gasteiger partial charge >= 0.3 is 0 Å². The van der Waals surface area contributed by atoms with Crippen LogP contribution in [-0.2, 0) is 9.59 Å². The lowest BCUT2D eigenvalue weighted by Gasteiger charge is -2.09. The average molecular weight is 344 g/mol. The number of anilines is 1. The van der Waals surface area contributed by atoms with Crippen molar-refractivity contribution in [3.05, 3.63) is 59.9 Å². The number of hydrogen-bond donors (Lipinski definition) is 2. The predicted octanol–water partition coefficient (Wildman–Crippen LogP) is 2.95. The van der Waals surface area contributed by atoms with Gasteiger partial charge in [-0.25, -0.2) is 9.38 Å². The number of amides is 2. The fourth-order valence-corrected chi connectivity index (χ4v) is 3.25. The highest BCUT2D eigenvalue weighted by atomic mass is 32.2. The molecule has 2 N–H and O–H groups in total. The first-order valence-corrected chi connectivity index (χ1v) is 8.04. The van der Waals surface area contributed by atoms with Crippen LogP contribution < -0.4 is 5.32 Å². The van der Waals surface area contributed by atoms with E-state index < -0.39 is 22.9 Å². The lowest BCUT2D eigenvalue weighted by molar-refractivity contribution is -0.121. The van der Waals surface area contributed by atoms with Gasteiger partial charge in [-0.15, -0.1) is 0 Å². The fraction of sp³-hybridized carbons (Fsp3) is 0.118. The van der Waals surface area contributed by atoms with E-state index in [1.807, 2.05) is 0 Å². The number of carbonyl (C=O) groups is 2. The molecule has 5 nitrogen and oxygen atoms in total. The molecular formula is C17H13FN2O3S. The fourth-order valence-electron chi connectivity index (χ4n) is 2.18. The molecule has 2 amide bonds. The second kappa shape index (κ2) is 6.84. The van der Waals surface area contributed by atoms with Gasteiger partial charge < -0.3 is 10.4 Å². The average Bonchev–Trinajstić information content (AvgIpc) is 2.91. The number of benzene rings is 2. The summed E-state index contributed by atoms with van der Waals surface area (Å²) in [4.78, 5) is 27.9. The Bertz CT molecular complexity index is 821. The first-order chi connectivity index (χ1) is 11.5. The lowest BCUT2D eigenvalue weighted by atomic mass is 10.2. The van der Waals surface area contributed by atoms with Gasteiger partial charge in [0, 0.05) is 12.0 Å². The second-order valence-electron chi connectivity index (χ2n) is 5.14. The Labute approximate surface area is 141 Å². The van der Waals surface area contributed by atoms with Crippen molar-refractivity contribution >= 4 is 34.3 Å². The zero-order chi connectivity index (χ0) is 17.1. The molecule has 1 aliphatic heterocycles. The number of phenolic OH excluding ortho intramolecular Hbond substituents is 1. The van der Waals surface area contributed by atoms with Crippen molar-refractivity contribution in [3.63, 3.8) is 0 Å². The van der Waals surface area contributed by atoms with E-state index in [1.165, 1.54) is 42.1 Å². The van der Waals surface area contributed by atoms with E-state index in [2.05, 4.69) is 10.3 Å². The maximum atomic E-state index is 13.5. The molecule has 0 fully saturated rings. The van der Waals surface area contributed by atoms with Gasteiger partial charge in [0.05, 0.1) is 5.69 Å². The zero-order valence-corrected chi connectivity index (χ0v) is 13.2. The molecule has 0 spiro atoms. The van der Waals surface area contributed by atoms with Gasteiger partial charge in [0.25, 0.3) is 5.91 Å². The Morgan fingerprint density at radius 3 is 2.62 bits per heavy atom. The van der Waals surface area contributed by atoms with Crippen LogP contribution in [0.3, 0.4) is 0 Å². The minimum absolute atomic E-state index is 0.0811. The molecule has 0 saturated heterocycles. The van der Waals surface area contributed by atoms with E-state index in [4.69, 9.17) is 0 Å². The van der Waals surface area contributed by atoms with Crippen LogP contribution in [0.4, 0.5) is 10.1 Å². The number of halogens is 1. The van der Waals surface area contributed by atoms with E-state index in [0.29, 0.717) is 10.6 Å². The molecule has 2 aromatic rings. The molecule has 0 aliphatic carbocycles. The topological polar surface area (TPSA) is 78.8 Å². The summed E-state index contributed by atoms with van der Waals surface area (Å²) in [5, 5.41) is 11.6. The molecule has 0 bridgehead atoms. The van der Waals surface area contributed by atoms with Crippen molar-refractivity contribution in [3.8, 4) is 5.75 Å². The summed E-state index contributed by atoms with van der Waals surface area (Å²) in [5.74, 6) is -1.26. The monoisotopic (exact) mass is 344 g/mol. The first kappa shape index (κ1) is 16.2. The van der Waals surface area contributed by atoms with Crippen molar-refractivity contribution in [1.29, 1.82) is 0 Å². The van der Waals surface area contributed by atoms with Crippen molar-refractivity contribution in [2.24, 2.45) is 4.99 Å². The SMILES string of the molecule is O=C(C[C@@H]1SC(c2ccc(O)cc2)=NC1=O)Nc1ccccc1F. The van der Waals surface area contributed by atoms with E-state index in [0.717, 1.165) is 0 Å². The van der Waals surface area contributed by atoms with Crippen LogP contribution >= 0.6 is 11.8 Å². The van der Waals surface area contributed by atoms with Crippen LogP contribution in [0, 0.1) is 5.82 Å². The smallest absolute Gasteiger partial charge is 0.260 e.